The van der Waals surface area contributed by atoms with Crippen molar-refractivity contribution in [3.63, 3.8) is 0 Å². The van der Waals surface area contributed by atoms with E-state index in [1.807, 2.05) is 17.0 Å². The van der Waals surface area contributed by atoms with Gasteiger partial charge in [0.1, 0.15) is 5.82 Å². The first kappa shape index (κ1) is 17.5. The number of para-hydroxylation sites is 1. The van der Waals surface area contributed by atoms with Gasteiger partial charge >= 0.3 is 0 Å². The van der Waals surface area contributed by atoms with Crippen molar-refractivity contribution in [2.24, 2.45) is 0 Å². The van der Waals surface area contributed by atoms with Crippen LogP contribution in [-0.2, 0) is 0 Å². The van der Waals surface area contributed by atoms with Crippen LogP contribution in [0.25, 0.3) is 0 Å². The quantitative estimate of drug-likeness (QED) is 0.782. The Balaban J connectivity index is 1.71. The van der Waals surface area contributed by atoms with Gasteiger partial charge in [0.15, 0.2) is 11.5 Å². The van der Waals surface area contributed by atoms with Gasteiger partial charge in [0, 0.05) is 36.8 Å². The third-order valence-corrected chi connectivity index (χ3v) is 4.71. The van der Waals surface area contributed by atoms with Crippen molar-refractivity contribution in [2.75, 3.05) is 45.3 Å². The van der Waals surface area contributed by atoms with Gasteiger partial charge in [-0.3, -0.25) is 4.79 Å². The van der Waals surface area contributed by atoms with E-state index in [9.17, 15) is 4.79 Å². The highest BCUT2D eigenvalue weighted by Gasteiger charge is 2.26. The van der Waals surface area contributed by atoms with E-state index in [0.717, 1.165) is 23.4 Å². The zero-order valence-electron chi connectivity index (χ0n) is 14.2. The molecule has 0 unspecified atom stereocenters. The molecule has 2 aromatic rings. The highest BCUT2D eigenvalue weighted by molar-refractivity contribution is 9.10. The maximum Gasteiger partial charge on any atom is 0.257 e. The molecule has 1 aromatic carbocycles. The average Bonchev–Trinajstić information content (AvgIpc) is 2.67. The number of anilines is 1. The molecule has 1 aliphatic heterocycles. The van der Waals surface area contributed by atoms with Gasteiger partial charge in [-0.1, -0.05) is 6.07 Å². The number of carbonyl (C=O) groups is 1. The maximum absolute atomic E-state index is 12.9. The van der Waals surface area contributed by atoms with E-state index in [4.69, 9.17) is 9.47 Å². The molecular weight excluding hydrogens is 386 g/mol. The summed E-state index contributed by atoms with van der Waals surface area (Å²) in [5, 5.41) is 0. The molecule has 0 spiro atoms. The van der Waals surface area contributed by atoms with Crippen LogP contribution < -0.4 is 14.4 Å². The van der Waals surface area contributed by atoms with Crippen LogP contribution in [0.2, 0.25) is 0 Å². The average molecular weight is 406 g/mol. The second-order valence-corrected chi connectivity index (χ2v) is 6.57. The number of pyridine rings is 1. The normalized spacial score (nSPS) is 14.4. The summed E-state index contributed by atoms with van der Waals surface area (Å²) >= 11 is 3.39. The number of hydrogen-bond donors (Lipinski definition) is 0. The smallest absolute Gasteiger partial charge is 0.257 e. The summed E-state index contributed by atoms with van der Waals surface area (Å²) < 4.78 is 11.6. The molecule has 1 amide bonds. The molecule has 2 heterocycles. The van der Waals surface area contributed by atoms with Gasteiger partial charge in [-0.2, -0.15) is 0 Å². The standard InChI is InChI=1S/C18H20BrN3O3/c1-24-15-5-3-4-14(17(15)25-2)18(23)22-10-8-21(9-11-22)16-7-6-13(19)12-20-16/h3-7,12H,8-11H2,1-2H3. The van der Waals surface area contributed by atoms with Crippen LogP contribution in [0.1, 0.15) is 10.4 Å². The molecule has 1 aromatic heterocycles. The maximum atomic E-state index is 12.9. The molecule has 0 N–H and O–H groups in total. The molecule has 6 nitrogen and oxygen atoms in total. The molecule has 1 saturated heterocycles. The molecule has 0 bridgehead atoms. The number of piperazine rings is 1. The molecule has 0 saturated carbocycles. The van der Waals surface area contributed by atoms with Gasteiger partial charge in [0.25, 0.3) is 5.91 Å². The van der Waals surface area contributed by atoms with E-state index in [2.05, 4.69) is 25.8 Å². The topological polar surface area (TPSA) is 54.9 Å². The van der Waals surface area contributed by atoms with Gasteiger partial charge in [-0.05, 0) is 40.2 Å². The summed E-state index contributed by atoms with van der Waals surface area (Å²) in [5.41, 5.74) is 0.525. The van der Waals surface area contributed by atoms with Crippen molar-refractivity contribution in [3.8, 4) is 11.5 Å². The van der Waals surface area contributed by atoms with Crippen LogP contribution in [0.4, 0.5) is 5.82 Å². The molecule has 3 rings (SSSR count). The molecule has 132 valence electrons. The lowest BCUT2D eigenvalue weighted by Gasteiger charge is -2.35. The van der Waals surface area contributed by atoms with Gasteiger partial charge in [0.2, 0.25) is 0 Å². The van der Waals surface area contributed by atoms with Crippen molar-refractivity contribution in [3.05, 3.63) is 46.6 Å². The van der Waals surface area contributed by atoms with Gasteiger partial charge in [-0.15, -0.1) is 0 Å². The summed E-state index contributed by atoms with van der Waals surface area (Å²) in [4.78, 5) is 21.3. The largest absolute Gasteiger partial charge is 0.493 e. The second-order valence-electron chi connectivity index (χ2n) is 5.65. The second kappa shape index (κ2) is 7.74. The Morgan fingerprint density at radius 3 is 2.44 bits per heavy atom. The first-order valence-electron chi connectivity index (χ1n) is 8.01. The zero-order valence-corrected chi connectivity index (χ0v) is 15.8. The van der Waals surface area contributed by atoms with E-state index >= 15 is 0 Å². The first-order valence-corrected chi connectivity index (χ1v) is 8.80. The Kier molecular flexibility index (Phi) is 5.43. The van der Waals surface area contributed by atoms with Crippen LogP contribution in [0.3, 0.4) is 0 Å². The van der Waals surface area contributed by atoms with Crippen molar-refractivity contribution in [2.45, 2.75) is 0 Å². The molecule has 25 heavy (non-hydrogen) atoms. The fourth-order valence-corrected chi connectivity index (χ4v) is 3.15. The monoisotopic (exact) mass is 405 g/mol. The number of ether oxygens (including phenoxy) is 2. The van der Waals surface area contributed by atoms with Gasteiger partial charge < -0.3 is 19.3 Å². The van der Waals surface area contributed by atoms with Crippen molar-refractivity contribution in [1.29, 1.82) is 0 Å². The highest BCUT2D eigenvalue weighted by atomic mass is 79.9. The third kappa shape index (κ3) is 3.71. The number of carbonyl (C=O) groups excluding carboxylic acids is 1. The lowest BCUT2D eigenvalue weighted by Crippen LogP contribution is -2.49. The Morgan fingerprint density at radius 1 is 1.08 bits per heavy atom. The van der Waals surface area contributed by atoms with Crippen LogP contribution in [0.5, 0.6) is 11.5 Å². The Bertz CT molecular complexity index is 744. The fourth-order valence-electron chi connectivity index (χ4n) is 2.92. The van der Waals surface area contributed by atoms with Gasteiger partial charge in [0.05, 0.1) is 19.8 Å². The summed E-state index contributed by atoms with van der Waals surface area (Å²) in [6.45, 7) is 2.76. The van der Waals surface area contributed by atoms with E-state index in [1.54, 1.807) is 38.6 Å². The molecule has 0 atom stereocenters. The summed E-state index contributed by atoms with van der Waals surface area (Å²) in [6, 6.07) is 9.31. The molecule has 1 fully saturated rings. The number of hydrogen-bond acceptors (Lipinski definition) is 5. The zero-order chi connectivity index (χ0) is 17.8. The lowest BCUT2D eigenvalue weighted by molar-refractivity contribution is 0.0742. The summed E-state index contributed by atoms with van der Waals surface area (Å²) in [7, 11) is 3.11. The van der Waals surface area contributed by atoms with Crippen LogP contribution in [0, 0.1) is 0 Å². The van der Waals surface area contributed by atoms with Crippen molar-refractivity contribution < 1.29 is 14.3 Å². The predicted octanol–water partition coefficient (Wildman–Crippen LogP) is 2.82. The van der Waals surface area contributed by atoms with E-state index in [0.29, 0.717) is 30.2 Å². The van der Waals surface area contributed by atoms with Crippen molar-refractivity contribution >= 4 is 27.7 Å². The van der Waals surface area contributed by atoms with E-state index < -0.39 is 0 Å². The highest BCUT2D eigenvalue weighted by Crippen LogP contribution is 2.31. The Hall–Kier alpha value is -2.28. The number of rotatable bonds is 4. The molecule has 1 aliphatic rings. The molecule has 0 aliphatic carbocycles. The summed E-state index contributed by atoms with van der Waals surface area (Å²) in [5.74, 6) is 1.92. The minimum atomic E-state index is -0.0424. The van der Waals surface area contributed by atoms with E-state index in [-0.39, 0.29) is 5.91 Å². The number of amides is 1. The summed E-state index contributed by atoms with van der Waals surface area (Å²) in [6.07, 6.45) is 1.79. The lowest BCUT2D eigenvalue weighted by atomic mass is 10.1. The fraction of sp³-hybridized carbons (Fsp3) is 0.333. The number of halogens is 1. The van der Waals surface area contributed by atoms with Crippen LogP contribution >= 0.6 is 15.9 Å². The van der Waals surface area contributed by atoms with Crippen LogP contribution in [0.15, 0.2) is 41.0 Å². The number of aromatic nitrogens is 1. The predicted molar refractivity (Wildman–Crippen MR) is 99.6 cm³/mol. The SMILES string of the molecule is COc1cccc(C(=O)N2CCN(c3ccc(Br)cn3)CC2)c1OC. The Morgan fingerprint density at radius 2 is 1.84 bits per heavy atom. The molecule has 0 radical (unpaired) electrons. The Labute approximate surface area is 155 Å². The van der Waals surface area contributed by atoms with Crippen LogP contribution in [-0.4, -0.2) is 56.2 Å². The minimum absolute atomic E-state index is 0.0424. The first-order chi connectivity index (χ1) is 12.1. The number of nitrogens with zero attached hydrogens (tertiary/aromatic N) is 3. The number of benzene rings is 1. The number of methoxy groups -OCH3 is 2. The third-order valence-electron chi connectivity index (χ3n) is 4.24. The van der Waals surface area contributed by atoms with E-state index in [1.165, 1.54) is 0 Å². The molecule has 7 heteroatoms. The minimum Gasteiger partial charge on any atom is -0.493 e. The molecular formula is C18H20BrN3O3. The van der Waals surface area contributed by atoms with Crippen molar-refractivity contribution in [1.82, 2.24) is 9.88 Å². The van der Waals surface area contributed by atoms with Gasteiger partial charge in [-0.25, -0.2) is 4.98 Å².